The van der Waals surface area contributed by atoms with Crippen molar-refractivity contribution in [1.29, 1.82) is 0 Å². The SMILES string of the molecule is CCOP(=O)(OCC)c1nc(-c2cccc(C)c2)oc1-c1ccccc1. The summed E-state index contributed by atoms with van der Waals surface area (Å²) in [7, 11) is -3.59. The van der Waals surface area contributed by atoms with Gasteiger partial charge in [0, 0.05) is 11.1 Å². The minimum absolute atomic E-state index is 0.212. The second-order valence-corrected chi connectivity index (χ2v) is 7.68. The molecule has 26 heavy (non-hydrogen) atoms. The first kappa shape index (κ1) is 18.6. The Kier molecular flexibility index (Phi) is 5.72. The zero-order valence-corrected chi connectivity index (χ0v) is 16.0. The summed E-state index contributed by atoms with van der Waals surface area (Å²) in [4.78, 5) is 4.53. The number of oxazole rings is 1. The highest BCUT2D eigenvalue weighted by atomic mass is 31.2. The molecule has 0 unspecified atom stereocenters. The molecule has 0 fully saturated rings. The van der Waals surface area contributed by atoms with Gasteiger partial charge in [-0.1, -0.05) is 48.0 Å². The van der Waals surface area contributed by atoms with Crippen molar-refractivity contribution in [2.24, 2.45) is 0 Å². The van der Waals surface area contributed by atoms with E-state index in [0.29, 0.717) is 11.7 Å². The van der Waals surface area contributed by atoms with Crippen LogP contribution in [0.5, 0.6) is 0 Å². The lowest BCUT2D eigenvalue weighted by Gasteiger charge is -2.15. The van der Waals surface area contributed by atoms with Crippen molar-refractivity contribution in [1.82, 2.24) is 4.98 Å². The zero-order chi connectivity index (χ0) is 18.6. The maximum absolute atomic E-state index is 13.4. The van der Waals surface area contributed by atoms with Crippen molar-refractivity contribution in [3.05, 3.63) is 60.2 Å². The molecule has 0 atom stereocenters. The molecular formula is C20H22NO4P. The van der Waals surface area contributed by atoms with E-state index in [2.05, 4.69) is 4.98 Å². The predicted octanol–water partition coefficient (Wildman–Crippen LogP) is 5.21. The first-order valence-electron chi connectivity index (χ1n) is 8.60. The van der Waals surface area contributed by atoms with E-state index in [1.54, 1.807) is 13.8 Å². The molecule has 1 aromatic heterocycles. The minimum atomic E-state index is -3.59. The average molecular weight is 371 g/mol. The fourth-order valence-electron chi connectivity index (χ4n) is 2.68. The molecule has 0 aliphatic rings. The van der Waals surface area contributed by atoms with Gasteiger partial charge in [0.2, 0.25) is 5.89 Å². The minimum Gasteiger partial charge on any atom is -0.435 e. The van der Waals surface area contributed by atoms with Crippen molar-refractivity contribution in [2.45, 2.75) is 20.8 Å². The third-order valence-electron chi connectivity index (χ3n) is 3.77. The van der Waals surface area contributed by atoms with Gasteiger partial charge in [0.15, 0.2) is 11.2 Å². The molecule has 0 N–H and O–H groups in total. The molecule has 3 aromatic rings. The van der Waals surface area contributed by atoms with Crippen LogP contribution in [0.15, 0.2) is 59.0 Å². The first-order chi connectivity index (χ1) is 12.6. The molecule has 5 nitrogen and oxygen atoms in total. The number of nitrogens with zero attached hydrogens (tertiary/aromatic N) is 1. The molecule has 0 bridgehead atoms. The van der Waals surface area contributed by atoms with E-state index in [0.717, 1.165) is 16.7 Å². The van der Waals surface area contributed by atoms with Crippen molar-refractivity contribution in [2.75, 3.05) is 13.2 Å². The second kappa shape index (κ2) is 8.00. The van der Waals surface area contributed by atoms with Gasteiger partial charge in [-0.15, -0.1) is 0 Å². The van der Waals surface area contributed by atoms with E-state index < -0.39 is 7.60 Å². The van der Waals surface area contributed by atoms with Crippen LogP contribution in [0.25, 0.3) is 22.8 Å². The molecule has 1 heterocycles. The predicted molar refractivity (Wildman–Crippen MR) is 103 cm³/mol. The van der Waals surface area contributed by atoms with Crippen molar-refractivity contribution < 1.29 is 18.0 Å². The molecule has 2 aromatic carbocycles. The summed E-state index contributed by atoms with van der Waals surface area (Å²) in [5.41, 5.74) is 2.88. The first-order valence-corrected chi connectivity index (χ1v) is 10.1. The standard InChI is InChI=1S/C20H22NO4P/c1-4-23-26(22,24-5-2)20-18(16-11-7-6-8-12-16)25-19(21-20)17-13-9-10-15(3)14-17/h6-14H,4-5H2,1-3H3. The summed E-state index contributed by atoms with van der Waals surface area (Å²) in [6.07, 6.45) is 0. The van der Waals surface area contributed by atoms with Gasteiger partial charge in [0.25, 0.3) is 0 Å². The fraction of sp³-hybridized carbons (Fsp3) is 0.250. The Hall–Kier alpha value is -2.20. The summed E-state index contributed by atoms with van der Waals surface area (Å²) < 4.78 is 30.4. The van der Waals surface area contributed by atoms with Crippen LogP contribution >= 0.6 is 7.60 Å². The Balaban J connectivity index is 2.19. The van der Waals surface area contributed by atoms with Crippen LogP contribution in [0.1, 0.15) is 19.4 Å². The highest BCUT2D eigenvalue weighted by Crippen LogP contribution is 2.49. The number of aromatic nitrogens is 1. The van der Waals surface area contributed by atoms with Crippen molar-refractivity contribution >= 4 is 13.0 Å². The number of hydrogen-bond donors (Lipinski definition) is 0. The zero-order valence-electron chi connectivity index (χ0n) is 15.1. The van der Waals surface area contributed by atoms with Crippen molar-refractivity contribution in [3.8, 4) is 22.8 Å². The summed E-state index contributed by atoms with van der Waals surface area (Å²) in [6, 6.07) is 17.3. The molecule has 0 spiro atoms. The third-order valence-corrected chi connectivity index (χ3v) is 5.79. The summed E-state index contributed by atoms with van der Waals surface area (Å²) >= 11 is 0. The largest absolute Gasteiger partial charge is 0.435 e. The van der Waals surface area contributed by atoms with E-state index in [1.807, 2.05) is 61.5 Å². The van der Waals surface area contributed by atoms with Crippen LogP contribution in [0.3, 0.4) is 0 Å². The fourth-order valence-corrected chi connectivity index (χ4v) is 4.31. The number of aryl methyl sites for hydroxylation is 1. The molecule has 0 radical (unpaired) electrons. The monoisotopic (exact) mass is 371 g/mol. The van der Waals surface area contributed by atoms with Crippen LogP contribution in [0.4, 0.5) is 0 Å². The smallest absolute Gasteiger partial charge is 0.383 e. The van der Waals surface area contributed by atoms with Crippen LogP contribution < -0.4 is 5.44 Å². The lowest BCUT2D eigenvalue weighted by Crippen LogP contribution is -2.14. The maximum Gasteiger partial charge on any atom is 0.383 e. The van der Waals surface area contributed by atoms with E-state index in [4.69, 9.17) is 13.5 Å². The summed E-state index contributed by atoms with van der Waals surface area (Å²) in [5.74, 6) is 0.800. The van der Waals surface area contributed by atoms with Crippen molar-refractivity contribution in [3.63, 3.8) is 0 Å². The molecule has 0 aliphatic heterocycles. The molecule has 0 amide bonds. The topological polar surface area (TPSA) is 61.6 Å². The molecule has 136 valence electrons. The summed E-state index contributed by atoms with van der Waals surface area (Å²) in [5, 5.41) is 0. The van der Waals surface area contributed by atoms with E-state index in [-0.39, 0.29) is 18.6 Å². The van der Waals surface area contributed by atoms with Gasteiger partial charge in [-0.2, -0.15) is 0 Å². The van der Waals surface area contributed by atoms with Gasteiger partial charge >= 0.3 is 7.60 Å². The van der Waals surface area contributed by atoms with Crippen LogP contribution in [-0.4, -0.2) is 18.2 Å². The maximum atomic E-state index is 13.4. The normalized spacial score (nSPS) is 11.7. The Morgan fingerprint density at radius 2 is 1.62 bits per heavy atom. The molecule has 6 heteroatoms. The van der Waals surface area contributed by atoms with Gasteiger partial charge < -0.3 is 13.5 Å². The van der Waals surface area contributed by atoms with Gasteiger partial charge in [0.05, 0.1) is 13.2 Å². The van der Waals surface area contributed by atoms with Gasteiger partial charge in [-0.05, 0) is 32.9 Å². The molecule has 0 aliphatic carbocycles. The Morgan fingerprint density at radius 1 is 0.962 bits per heavy atom. The van der Waals surface area contributed by atoms with Gasteiger partial charge in [0.1, 0.15) is 0 Å². The summed E-state index contributed by atoms with van der Waals surface area (Å²) in [6.45, 7) is 6.04. The quantitative estimate of drug-likeness (QED) is 0.534. The van der Waals surface area contributed by atoms with Crippen LogP contribution in [-0.2, 0) is 13.6 Å². The Bertz CT molecular complexity index is 911. The number of rotatable bonds is 7. The van der Waals surface area contributed by atoms with Gasteiger partial charge in [-0.25, -0.2) is 4.98 Å². The molecule has 0 saturated carbocycles. The van der Waals surface area contributed by atoms with Gasteiger partial charge in [-0.3, -0.25) is 4.57 Å². The van der Waals surface area contributed by atoms with Crippen LogP contribution in [0, 0.1) is 6.92 Å². The average Bonchev–Trinajstić information content (AvgIpc) is 3.09. The third kappa shape index (κ3) is 3.80. The lowest BCUT2D eigenvalue weighted by molar-refractivity contribution is 0.229. The Morgan fingerprint density at radius 3 is 2.23 bits per heavy atom. The van der Waals surface area contributed by atoms with E-state index in [9.17, 15) is 4.57 Å². The highest BCUT2D eigenvalue weighted by molar-refractivity contribution is 7.62. The van der Waals surface area contributed by atoms with E-state index >= 15 is 0 Å². The van der Waals surface area contributed by atoms with E-state index in [1.165, 1.54) is 0 Å². The number of hydrogen-bond acceptors (Lipinski definition) is 5. The van der Waals surface area contributed by atoms with Crippen LogP contribution in [0.2, 0.25) is 0 Å². The number of benzene rings is 2. The molecule has 3 rings (SSSR count). The Labute approximate surface area is 153 Å². The lowest BCUT2D eigenvalue weighted by atomic mass is 10.1. The second-order valence-electron chi connectivity index (χ2n) is 5.74. The highest BCUT2D eigenvalue weighted by Gasteiger charge is 2.36. The molecular weight excluding hydrogens is 349 g/mol. The molecule has 0 saturated heterocycles.